The first-order chi connectivity index (χ1) is 9.63. The Kier molecular flexibility index (Phi) is 8.62. The molecule has 0 aromatic carbocycles. The number of nitrogens with zero attached hydrogens (tertiary/aromatic N) is 2. The average Bonchev–Trinajstić information content (AvgIpc) is 2.90. The highest BCUT2D eigenvalue weighted by Crippen LogP contribution is 2.13. The SMILES string of the molecule is CN=C(NCCOCCC(C)C)N(C)CC1CCOC1. The van der Waals surface area contributed by atoms with Gasteiger partial charge in [0.05, 0.1) is 13.2 Å². The lowest BCUT2D eigenvalue weighted by Crippen LogP contribution is -2.42. The van der Waals surface area contributed by atoms with Crippen molar-refractivity contribution in [2.45, 2.75) is 26.7 Å². The largest absolute Gasteiger partial charge is 0.381 e. The normalized spacial score (nSPS) is 19.6. The Hall–Kier alpha value is -0.810. The first-order valence-corrected chi connectivity index (χ1v) is 7.70. The van der Waals surface area contributed by atoms with Gasteiger partial charge in [0.1, 0.15) is 0 Å². The van der Waals surface area contributed by atoms with Gasteiger partial charge in [0.2, 0.25) is 0 Å². The Bertz CT molecular complexity index is 276. The van der Waals surface area contributed by atoms with Crippen LogP contribution in [0, 0.1) is 11.8 Å². The highest BCUT2D eigenvalue weighted by Gasteiger charge is 2.18. The predicted octanol–water partition coefficient (Wildman–Crippen LogP) is 1.59. The highest BCUT2D eigenvalue weighted by atomic mass is 16.5. The fraction of sp³-hybridized carbons (Fsp3) is 0.933. The van der Waals surface area contributed by atoms with E-state index in [0.29, 0.717) is 11.8 Å². The molecule has 1 saturated heterocycles. The van der Waals surface area contributed by atoms with Crippen LogP contribution in [-0.2, 0) is 9.47 Å². The van der Waals surface area contributed by atoms with Crippen LogP contribution < -0.4 is 5.32 Å². The Labute approximate surface area is 123 Å². The van der Waals surface area contributed by atoms with Crippen molar-refractivity contribution < 1.29 is 9.47 Å². The van der Waals surface area contributed by atoms with Crippen molar-refractivity contribution in [3.05, 3.63) is 0 Å². The quantitative estimate of drug-likeness (QED) is 0.418. The predicted molar refractivity (Wildman–Crippen MR) is 83.2 cm³/mol. The summed E-state index contributed by atoms with van der Waals surface area (Å²) in [6.45, 7) is 9.56. The molecule has 0 aromatic rings. The lowest BCUT2D eigenvalue weighted by atomic mass is 10.1. The van der Waals surface area contributed by atoms with Gasteiger partial charge in [-0.1, -0.05) is 13.8 Å². The maximum Gasteiger partial charge on any atom is 0.193 e. The van der Waals surface area contributed by atoms with Crippen LogP contribution in [0.2, 0.25) is 0 Å². The van der Waals surface area contributed by atoms with Crippen molar-refractivity contribution in [1.82, 2.24) is 10.2 Å². The Morgan fingerprint density at radius 1 is 1.45 bits per heavy atom. The summed E-state index contributed by atoms with van der Waals surface area (Å²) in [5.41, 5.74) is 0. The summed E-state index contributed by atoms with van der Waals surface area (Å²) < 4.78 is 11.0. The van der Waals surface area contributed by atoms with E-state index in [0.717, 1.165) is 58.3 Å². The zero-order chi connectivity index (χ0) is 14.8. The van der Waals surface area contributed by atoms with E-state index in [2.05, 4.69) is 36.1 Å². The molecular weight excluding hydrogens is 254 g/mol. The fourth-order valence-corrected chi connectivity index (χ4v) is 2.24. The summed E-state index contributed by atoms with van der Waals surface area (Å²) in [5, 5.41) is 3.34. The van der Waals surface area contributed by atoms with E-state index in [4.69, 9.17) is 9.47 Å². The molecule has 20 heavy (non-hydrogen) atoms. The van der Waals surface area contributed by atoms with Crippen molar-refractivity contribution in [1.29, 1.82) is 0 Å². The molecule has 0 bridgehead atoms. The zero-order valence-electron chi connectivity index (χ0n) is 13.5. The lowest BCUT2D eigenvalue weighted by molar-refractivity contribution is 0.127. The van der Waals surface area contributed by atoms with E-state index in [1.165, 1.54) is 0 Å². The summed E-state index contributed by atoms with van der Waals surface area (Å²) in [7, 11) is 3.90. The third-order valence-corrected chi connectivity index (χ3v) is 3.50. The van der Waals surface area contributed by atoms with Gasteiger partial charge in [-0.2, -0.15) is 0 Å². The van der Waals surface area contributed by atoms with Crippen LogP contribution in [0.3, 0.4) is 0 Å². The molecule has 5 nitrogen and oxygen atoms in total. The first kappa shape index (κ1) is 17.2. The number of nitrogens with one attached hydrogen (secondary N) is 1. The molecule has 0 spiro atoms. The van der Waals surface area contributed by atoms with Crippen molar-refractivity contribution in [3.63, 3.8) is 0 Å². The molecule has 0 aliphatic carbocycles. The summed E-state index contributed by atoms with van der Waals surface area (Å²) in [4.78, 5) is 6.49. The zero-order valence-corrected chi connectivity index (χ0v) is 13.5. The van der Waals surface area contributed by atoms with Crippen LogP contribution in [0.5, 0.6) is 0 Å². The minimum Gasteiger partial charge on any atom is -0.381 e. The van der Waals surface area contributed by atoms with Crippen LogP contribution in [0.4, 0.5) is 0 Å². The van der Waals surface area contributed by atoms with E-state index in [1.54, 1.807) is 0 Å². The minimum absolute atomic E-state index is 0.626. The monoisotopic (exact) mass is 285 g/mol. The molecule has 1 N–H and O–H groups in total. The third-order valence-electron chi connectivity index (χ3n) is 3.50. The van der Waals surface area contributed by atoms with Gasteiger partial charge >= 0.3 is 0 Å². The minimum atomic E-state index is 0.626. The molecule has 1 heterocycles. The number of hydrogen-bond acceptors (Lipinski definition) is 3. The molecule has 0 saturated carbocycles. The van der Waals surface area contributed by atoms with Crippen LogP contribution >= 0.6 is 0 Å². The highest BCUT2D eigenvalue weighted by molar-refractivity contribution is 5.79. The van der Waals surface area contributed by atoms with Gasteiger partial charge < -0.3 is 19.7 Å². The third kappa shape index (κ3) is 7.10. The number of guanidine groups is 1. The van der Waals surface area contributed by atoms with Crippen molar-refractivity contribution in [2.24, 2.45) is 16.8 Å². The maximum absolute atomic E-state index is 5.60. The van der Waals surface area contributed by atoms with Gasteiger partial charge in [-0.25, -0.2) is 0 Å². The standard InChI is InChI=1S/C15H31N3O2/c1-13(2)5-8-19-10-7-17-15(16-3)18(4)11-14-6-9-20-12-14/h13-14H,5-12H2,1-4H3,(H,16,17). The molecule has 0 amide bonds. The topological polar surface area (TPSA) is 46.1 Å². The molecule has 1 aliphatic rings. The molecule has 0 radical (unpaired) electrons. The van der Waals surface area contributed by atoms with E-state index in [-0.39, 0.29) is 0 Å². The Morgan fingerprint density at radius 2 is 2.25 bits per heavy atom. The number of hydrogen-bond donors (Lipinski definition) is 1. The van der Waals surface area contributed by atoms with Crippen LogP contribution in [0.1, 0.15) is 26.7 Å². The molecule has 1 unspecified atom stereocenters. The van der Waals surface area contributed by atoms with Gasteiger partial charge in [0.25, 0.3) is 0 Å². The van der Waals surface area contributed by atoms with Crippen LogP contribution in [0.15, 0.2) is 4.99 Å². The lowest BCUT2D eigenvalue weighted by Gasteiger charge is -2.24. The van der Waals surface area contributed by atoms with Gasteiger partial charge in [-0.3, -0.25) is 4.99 Å². The van der Waals surface area contributed by atoms with E-state index in [9.17, 15) is 0 Å². The number of rotatable bonds is 8. The second kappa shape index (κ2) is 10.00. The Morgan fingerprint density at radius 3 is 2.85 bits per heavy atom. The number of ether oxygens (including phenoxy) is 2. The van der Waals surface area contributed by atoms with Gasteiger partial charge in [0, 0.05) is 46.3 Å². The second-order valence-corrected chi connectivity index (χ2v) is 5.88. The maximum atomic E-state index is 5.60. The summed E-state index contributed by atoms with van der Waals surface area (Å²) in [6.07, 6.45) is 2.27. The van der Waals surface area contributed by atoms with E-state index >= 15 is 0 Å². The first-order valence-electron chi connectivity index (χ1n) is 7.70. The second-order valence-electron chi connectivity index (χ2n) is 5.88. The summed E-state index contributed by atoms with van der Waals surface area (Å²) >= 11 is 0. The average molecular weight is 285 g/mol. The Balaban J connectivity index is 2.12. The van der Waals surface area contributed by atoms with Gasteiger partial charge in [-0.15, -0.1) is 0 Å². The molecule has 0 aromatic heterocycles. The summed E-state index contributed by atoms with van der Waals surface area (Å²) in [6, 6.07) is 0. The van der Waals surface area contributed by atoms with E-state index in [1.807, 2.05) is 7.05 Å². The fourth-order valence-electron chi connectivity index (χ4n) is 2.24. The van der Waals surface area contributed by atoms with Crippen molar-refractivity contribution in [2.75, 3.05) is 53.6 Å². The molecule has 1 fully saturated rings. The van der Waals surface area contributed by atoms with Crippen molar-refractivity contribution in [3.8, 4) is 0 Å². The molecule has 1 rings (SSSR count). The molecular formula is C15H31N3O2. The van der Waals surface area contributed by atoms with Crippen molar-refractivity contribution >= 4 is 5.96 Å². The molecule has 118 valence electrons. The van der Waals surface area contributed by atoms with Crippen LogP contribution in [0.25, 0.3) is 0 Å². The van der Waals surface area contributed by atoms with Gasteiger partial charge in [-0.05, 0) is 18.8 Å². The summed E-state index contributed by atoms with van der Waals surface area (Å²) in [5.74, 6) is 2.26. The molecule has 1 atom stereocenters. The van der Waals surface area contributed by atoms with Gasteiger partial charge in [0.15, 0.2) is 5.96 Å². The molecule has 1 aliphatic heterocycles. The van der Waals surface area contributed by atoms with E-state index < -0.39 is 0 Å². The van der Waals surface area contributed by atoms with Crippen LogP contribution in [-0.4, -0.2) is 64.5 Å². The molecule has 5 heteroatoms. The number of aliphatic imine (C=N–C) groups is 1. The smallest absolute Gasteiger partial charge is 0.193 e.